The molecule has 0 bridgehead atoms. The summed E-state index contributed by atoms with van der Waals surface area (Å²) in [7, 11) is 0. The van der Waals surface area contributed by atoms with E-state index in [2.05, 4.69) is 46.6 Å². The molecule has 0 atom stereocenters. The van der Waals surface area contributed by atoms with Crippen molar-refractivity contribution >= 4 is 27.5 Å². The van der Waals surface area contributed by atoms with Crippen molar-refractivity contribution in [1.29, 1.82) is 0 Å². The molecule has 5 nitrogen and oxygen atoms in total. The van der Waals surface area contributed by atoms with Crippen LogP contribution in [-0.4, -0.2) is 49.2 Å². The molecule has 0 fully saturated rings. The maximum Gasteiger partial charge on any atom is 0.0730 e. The number of rotatable bonds is 11. The minimum absolute atomic E-state index is 0.737. The van der Waals surface area contributed by atoms with Gasteiger partial charge in [-0.2, -0.15) is 0 Å². The lowest BCUT2D eigenvalue weighted by atomic mass is 10.1. The van der Waals surface area contributed by atoms with Gasteiger partial charge in [-0.1, -0.05) is 36.4 Å². The number of hydrogen-bond donors (Lipinski definition) is 3. The molecule has 5 N–H and O–H groups in total. The molecule has 0 amide bonds. The monoisotopic (exact) mass is 365 g/mol. The second kappa shape index (κ2) is 10.2. The van der Waals surface area contributed by atoms with Crippen molar-refractivity contribution < 1.29 is 0 Å². The molecule has 0 saturated carbocycles. The Kier molecular flexibility index (Phi) is 7.39. The van der Waals surface area contributed by atoms with Crippen LogP contribution in [0.2, 0.25) is 0 Å². The van der Waals surface area contributed by atoms with E-state index in [4.69, 9.17) is 16.5 Å². The molecular formula is C22H31N5. The van der Waals surface area contributed by atoms with Gasteiger partial charge in [0.2, 0.25) is 0 Å². The third-order valence-corrected chi connectivity index (χ3v) is 4.92. The van der Waals surface area contributed by atoms with E-state index in [1.165, 1.54) is 16.5 Å². The van der Waals surface area contributed by atoms with Gasteiger partial charge < -0.3 is 21.7 Å². The van der Waals surface area contributed by atoms with Crippen LogP contribution in [0.4, 0.5) is 5.69 Å². The van der Waals surface area contributed by atoms with E-state index < -0.39 is 0 Å². The lowest BCUT2D eigenvalue weighted by Gasteiger charge is -2.23. The van der Waals surface area contributed by atoms with E-state index in [9.17, 15) is 0 Å². The smallest absolute Gasteiger partial charge is 0.0730 e. The molecule has 3 aromatic rings. The Morgan fingerprint density at radius 2 is 1.33 bits per heavy atom. The minimum Gasteiger partial charge on any atom is -0.383 e. The van der Waals surface area contributed by atoms with Crippen LogP contribution in [0.1, 0.15) is 19.3 Å². The van der Waals surface area contributed by atoms with Crippen molar-refractivity contribution in [3.8, 4) is 0 Å². The minimum atomic E-state index is 0.737. The molecular weight excluding hydrogens is 334 g/mol. The number of fused-ring (bicyclic) bond motifs is 2. The van der Waals surface area contributed by atoms with Gasteiger partial charge >= 0.3 is 0 Å². The summed E-state index contributed by atoms with van der Waals surface area (Å²) in [5.74, 6) is 0. The molecule has 1 heterocycles. The average molecular weight is 366 g/mol. The number of pyridine rings is 1. The molecule has 2 aromatic carbocycles. The van der Waals surface area contributed by atoms with Gasteiger partial charge in [0.25, 0.3) is 0 Å². The molecule has 27 heavy (non-hydrogen) atoms. The number of aromatic nitrogens is 1. The van der Waals surface area contributed by atoms with Crippen molar-refractivity contribution in [1.82, 2.24) is 9.88 Å². The van der Waals surface area contributed by atoms with Gasteiger partial charge in [0, 0.05) is 23.9 Å². The van der Waals surface area contributed by atoms with Crippen molar-refractivity contribution in [2.45, 2.75) is 19.3 Å². The first-order valence-corrected chi connectivity index (χ1v) is 9.97. The average Bonchev–Trinajstić information content (AvgIpc) is 2.71. The molecule has 0 radical (unpaired) electrons. The predicted octanol–water partition coefficient (Wildman–Crippen LogP) is 3.19. The zero-order valence-electron chi connectivity index (χ0n) is 16.0. The molecule has 1 aromatic heterocycles. The Hall–Kier alpha value is -2.21. The van der Waals surface area contributed by atoms with E-state index >= 15 is 0 Å². The van der Waals surface area contributed by atoms with Crippen molar-refractivity contribution in [2.75, 3.05) is 44.6 Å². The molecule has 0 aliphatic heterocycles. The molecule has 0 aliphatic carbocycles. The highest BCUT2D eigenvalue weighted by Gasteiger charge is 2.09. The topological polar surface area (TPSA) is 80.2 Å². The summed E-state index contributed by atoms with van der Waals surface area (Å²) in [6.07, 6.45) is 3.25. The Balaban J connectivity index is 1.74. The highest BCUT2D eigenvalue weighted by Crippen LogP contribution is 2.30. The fraction of sp³-hybridized carbons (Fsp3) is 0.409. The van der Waals surface area contributed by atoms with Crippen molar-refractivity contribution in [3.63, 3.8) is 0 Å². The van der Waals surface area contributed by atoms with Gasteiger partial charge in [-0.25, -0.2) is 4.98 Å². The van der Waals surface area contributed by atoms with Crippen LogP contribution in [0.5, 0.6) is 0 Å². The first-order chi connectivity index (χ1) is 13.3. The lowest BCUT2D eigenvalue weighted by molar-refractivity contribution is 0.276. The molecule has 0 saturated heterocycles. The highest BCUT2D eigenvalue weighted by atomic mass is 15.1. The van der Waals surface area contributed by atoms with Crippen LogP contribution in [0, 0.1) is 0 Å². The van der Waals surface area contributed by atoms with E-state index in [0.717, 1.165) is 69.6 Å². The summed E-state index contributed by atoms with van der Waals surface area (Å²) >= 11 is 0. The van der Waals surface area contributed by atoms with Crippen LogP contribution in [0.3, 0.4) is 0 Å². The fourth-order valence-electron chi connectivity index (χ4n) is 3.50. The number of hydrogen-bond acceptors (Lipinski definition) is 5. The van der Waals surface area contributed by atoms with Crippen molar-refractivity contribution in [2.24, 2.45) is 11.5 Å². The Morgan fingerprint density at radius 3 is 1.96 bits per heavy atom. The highest BCUT2D eigenvalue weighted by molar-refractivity contribution is 6.07. The number of unbranched alkanes of at least 4 members (excludes halogenated alkanes) is 1. The summed E-state index contributed by atoms with van der Waals surface area (Å²) in [4.78, 5) is 7.28. The van der Waals surface area contributed by atoms with Crippen LogP contribution in [-0.2, 0) is 0 Å². The molecule has 0 unspecified atom stereocenters. The number of nitrogens with two attached hydrogens (primary N) is 2. The molecule has 5 heteroatoms. The number of anilines is 1. The van der Waals surface area contributed by atoms with E-state index in [1.807, 2.05) is 12.1 Å². The number of benzene rings is 2. The molecule has 3 rings (SSSR count). The van der Waals surface area contributed by atoms with Crippen LogP contribution < -0.4 is 16.8 Å². The van der Waals surface area contributed by atoms with Crippen LogP contribution in [0.15, 0.2) is 48.5 Å². The summed E-state index contributed by atoms with van der Waals surface area (Å²) in [6.45, 7) is 5.51. The maximum atomic E-state index is 5.71. The van der Waals surface area contributed by atoms with Crippen LogP contribution in [0.25, 0.3) is 21.8 Å². The number of nitrogens with zero attached hydrogens (tertiary/aromatic N) is 2. The summed E-state index contributed by atoms with van der Waals surface area (Å²) in [6, 6.07) is 16.7. The standard InChI is InChI=1S/C22H31N5/c23-12-5-6-15-27(16-7-13-24)17-14-25-22-18-8-1-3-10-20(18)26-21-11-4-2-9-19(21)22/h1-4,8-11H,5-7,12-17,23-24H2,(H,25,26). The zero-order chi connectivity index (χ0) is 18.9. The van der Waals surface area contributed by atoms with E-state index in [-0.39, 0.29) is 0 Å². The van der Waals surface area contributed by atoms with Crippen LogP contribution >= 0.6 is 0 Å². The second-order valence-corrected chi connectivity index (χ2v) is 6.93. The second-order valence-electron chi connectivity index (χ2n) is 6.93. The third-order valence-electron chi connectivity index (χ3n) is 4.92. The molecule has 0 spiro atoms. The predicted molar refractivity (Wildman–Crippen MR) is 116 cm³/mol. The van der Waals surface area contributed by atoms with Gasteiger partial charge in [-0.05, 0) is 57.6 Å². The molecule has 0 aliphatic rings. The first kappa shape index (κ1) is 19.5. The maximum absolute atomic E-state index is 5.71. The normalized spacial score (nSPS) is 11.5. The van der Waals surface area contributed by atoms with E-state index in [1.54, 1.807) is 0 Å². The van der Waals surface area contributed by atoms with Gasteiger partial charge in [0.05, 0.1) is 16.7 Å². The van der Waals surface area contributed by atoms with Gasteiger partial charge in [-0.3, -0.25) is 0 Å². The van der Waals surface area contributed by atoms with Crippen molar-refractivity contribution in [3.05, 3.63) is 48.5 Å². The zero-order valence-corrected chi connectivity index (χ0v) is 16.0. The Bertz CT molecular complexity index is 794. The summed E-state index contributed by atoms with van der Waals surface area (Å²) in [5.41, 5.74) is 14.6. The van der Waals surface area contributed by atoms with Gasteiger partial charge in [0.1, 0.15) is 0 Å². The Labute approximate surface area is 161 Å². The first-order valence-electron chi connectivity index (χ1n) is 9.97. The third kappa shape index (κ3) is 5.16. The Morgan fingerprint density at radius 1 is 0.741 bits per heavy atom. The SMILES string of the molecule is NCCCCN(CCCN)CCNc1c2ccccc2nc2ccccc12. The quantitative estimate of drug-likeness (QED) is 0.359. The number of para-hydroxylation sites is 2. The summed E-state index contributed by atoms with van der Waals surface area (Å²) < 4.78 is 0. The largest absolute Gasteiger partial charge is 0.383 e. The summed E-state index contributed by atoms with van der Waals surface area (Å²) in [5, 5.41) is 6.04. The number of nitrogens with one attached hydrogen (secondary N) is 1. The van der Waals surface area contributed by atoms with Gasteiger partial charge in [-0.15, -0.1) is 0 Å². The fourth-order valence-corrected chi connectivity index (χ4v) is 3.50. The molecule has 144 valence electrons. The lowest BCUT2D eigenvalue weighted by Crippen LogP contribution is -2.32. The van der Waals surface area contributed by atoms with E-state index in [0.29, 0.717) is 0 Å². The van der Waals surface area contributed by atoms with Gasteiger partial charge in [0.15, 0.2) is 0 Å².